The Balaban J connectivity index is 1.56. The van der Waals surface area contributed by atoms with Crippen molar-refractivity contribution in [2.75, 3.05) is 13.1 Å². The summed E-state index contributed by atoms with van der Waals surface area (Å²) in [6, 6.07) is 9.28. The van der Waals surface area contributed by atoms with E-state index < -0.39 is 29.0 Å². The van der Waals surface area contributed by atoms with Crippen molar-refractivity contribution >= 4 is 22.8 Å². The molecule has 2 aromatic carbocycles. The fourth-order valence-corrected chi connectivity index (χ4v) is 3.93. The molecule has 3 aromatic rings. The van der Waals surface area contributed by atoms with Crippen LogP contribution in [-0.4, -0.2) is 30.4 Å². The van der Waals surface area contributed by atoms with Crippen molar-refractivity contribution in [1.29, 1.82) is 0 Å². The first-order valence-electron chi connectivity index (χ1n) is 10.6. The molecule has 33 heavy (non-hydrogen) atoms. The van der Waals surface area contributed by atoms with Crippen LogP contribution in [0.4, 0.5) is 8.78 Å². The van der Waals surface area contributed by atoms with Crippen LogP contribution in [0.5, 0.6) is 0 Å². The number of aryl methyl sites for hydroxylation is 1. The number of nitrogens with one attached hydrogen (secondary N) is 3. The Hall–Kier alpha value is -3.59. The van der Waals surface area contributed by atoms with Gasteiger partial charge in [-0.3, -0.25) is 14.4 Å². The summed E-state index contributed by atoms with van der Waals surface area (Å²) >= 11 is 0. The third-order valence-corrected chi connectivity index (χ3v) is 5.81. The van der Waals surface area contributed by atoms with Gasteiger partial charge in [0, 0.05) is 24.2 Å². The molecule has 2 amide bonds. The van der Waals surface area contributed by atoms with Crippen molar-refractivity contribution < 1.29 is 22.8 Å². The van der Waals surface area contributed by atoms with Crippen LogP contribution >= 0.6 is 0 Å². The van der Waals surface area contributed by atoms with Gasteiger partial charge in [-0.25, -0.2) is 8.78 Å². The average Bonchev–Trinajstić information content (AvgIpc) is 2.79. The van der Waals surface area contributed by atoms with Crippen LogP contribution in [0, 0.1) is 18.6 Å². The van der Waals surface area contributed by atoms with Gasteiger partial charge in [0.15, 0.2) is 11.2 Å². The molecule has 0 saturated carbocycles. The number of hydrogen-bond donors (Lipinski definition) is 3. The van der Waals surface area contributed by atoms with Gasteiger partial charge < -0.3 is 20.4 Å². The summed E-state index contributed by atoms with van der Waals surface area (Å²) in [4.78, 5) is 38.6. The first-order valence-corrected chi connectivity index (χ1v) is 10.6. The van der Waals surface area contributed by atoms with Gasteiger partial charge in [0.1, 0.15) is 22.8 Å². The molecule has 1 aliphatic rings. The second-order valence-corrected chi connectivity index (χ2v) is 8.18. The molecule has 0 aliphatic carbocycles. The highest BCUT2D eigenvalue weighted by Crippen LogP contribution is 2.21. The minimum atomic E-state index is -1.28. The summed E-state index contributed by atoms with van der Waals surface area (Å²) in [6.45, 7) is 2.62. The number of carbonyl (C=O) groups excluding carboxylic acids is 2. The van der Waals surface area contributed by atoms with Gasteiger partial charge in [-0.05, 0) is 51.1 Å². The lowest BCUT2D eigenvalue weighted by atomic mass is 9.87. The van der Waals surface area contributed by atoms with Crippen molar-refractivity contribution in [1.82, 2.24) is 16.0 Å². The topological polar surface area (TPSA) is 100 Å². The Kier molecular flexibility index (Phi) is 6.24. The molecule has 172 valence electrons. The van der Waals surface area contributed by atoms with Gasteiger partial charge in [-0.1, -0.05) is 17.7 Å². The number of rotatable bonds is 5. The van der Waals surface area contributed by atoms with Crippen molar-refractivity contribution in [3.8, 4) is 0 Å². The Labute approximate surface area is 188 Å². The number of carbonyl (C=O) groups is 2. The minimum absolute atomic E-state index is 0.121. The van der Waals surface area contributed by atoms with Crippen LogP contribution < -0.4 is 21.4 Å². The van der Waals surface area contributed by atoms with Gasteiger partial charge in [-0.15, -0.1) is 0 Å². The van der Waals surface area contributed by atoms with Crippen LogP contribution in [0.15, 0.2) is 51.7 Å². The molecular weight excluding hydrogens is 432 g/mol. The summed E-state index contributed by atoms with van der Waals surface area (Å²) < 4.78 is 32.7. The highest BCUT2D eigenvalue weighted by atomic mass is 19.1. The SMILES string of the molecule is Cc1ccc2oc(C(=O)NC3(C(=O)NCc4ccc(F)cc4F)CCNCC3)cc(=O)c2c1. The quantitative estimate of drug-likeness (QED) is 0.549. The molecule has 2 heterocycles. The molecule has 1 fully saturated rings. The molecule has 1 saturated heterocycles. The largest absolute Gasteiger partial charge is 0.451 e. The molecule has 0 bridgehead atoms. The van der Waals surface area contributed by atoms with Gasteiger partial charge in [0.05, 0.1) is 5.39 Å². The molecule has 7 nitrogen and oxygen atoms in total. The molecule has 4 rings (SSSR count). The highest BCUT2D eigenvalue weighted by molar-refractivity contribution is 5.98. The summed E-state index contributed by atoms with van der Waals surface area (Å²) in [6.07, 6.45) is 0.570. The van der Waals surface area contributed by atoms with E-state index in [1.807, 2.05) is 6.92 Å². The maximum atomic E-state index is 13.9. The van der Waals surface area contributed by atoms with E-state index in [1.165, 1.54) is 6.07 Å². The lowest BCUT2D eigenvalue weighted by molar-refractivity contribution is -0.128. The van der Waals surface area contributed by atoms with E-state index in [0.29, 0.717) is 18.5 Å². The summed E-state index contributed by atoms with van der Waals surface area (Å²) in [5.74, 6) is -2.88. The zero-order valence-electron chi connectivity index (χ0n) is 18.0. The van der Waals surface area contributed by atoms with E-state index in [4.69, 9.17) is 4.42 Å². The zero-order valence-corrected chi connectivity index (χ0v) is 18.0. The predicted molar refractivity (Wildman–Crippen MR) is 118 cm³/mol. The highest BCUT2D eigenvalue weighted by Gasteiger charge is 2.41. The zero-order chi connectivity index (χ0) is 23.6. The minimum Gasteiger partial charge on any atom is -0.451 e. The second kappa shape index (κ2) is 9.11. The van der Waals surface area contributed by atoms with Crippen molar-refractivity contribution in [3.05, 3.63) is 81.2 Å². The molecule has 1 aromatic heterocycles. The Morgan fingerprint density at radius 2 is 1.85 bits per heavy atom. The molecule has 0 unspecified atom stereocenters. The van der Waals surface area contributed by atoms with E-state index in [0.717, 1.165) is 23.8 Å². The fourth-order valence-electron chi connectivity index (χ4n) is 3.93. The van der Waals surface area contributed by atoms with E-state index in [-0.39, 0.29) is 41.7 Å². The maximum absolute atomic E-state index is 13.9. The number of halogens is 2. The monoisotopic (exact) mass is 455 g/mol. The predicted octanol–water partition coefficient (Wildman–Crippen LogP) is 2.55. The second-order valence-electron chi connectivity index (χ2n) is 8.18. The van der Waals surface area contributed by atoms with Gasteiger partial charge in [-0.2, -0.15) is 0 Å². The number of benzene rings is 2. The van der Waals surface area contributed by atoms with Crippen LogP contribution in [0.3, 0.4) is 0 Å². The van der Waals surface area contributed by atoms with Crippen LogP contribution in [0.1, 0.15) is 34.5 Å². The molecule has 0 spiro atoms. The normalized spacial score (nSPS) is 15.2. The molecule has 9 heteroatoms. The first-order chi connectivity index (χ1) is 15.8. The van der Waals surface area contributed by atoms with Gasteiger partial charge >= 0.3 is 0 Å². The molecular formula is C24H23F2N3O4. The molecule has 3 N–H and O–H groups in total. The van der Waals surface area contributed by atoms with E-state index in [9.17, 15) is 23.2 Å². The number of hydrogen-bond acceptors (Lipinski definition) is 5. The van der Waals surface area contributed by atoms with Crippen molar-refractivity contribution in [2.24, 2.45) is 0 Å². The molecule has 0 radical (unpaired) electrons. The Morgan fingerprint density at radius 3 is 2.58 bits per heavy atom. The summed E-state index contributed by atoms with van der Waals surface area (Å²) in [5.41, 5.74) is -0.361. The smallest absolute Gasteiger partial charge is 0.288 e. The van der Waals surface area contributed by atoms with Crippen molar-refractivity contribution in [3.63, 3.8) is 0 Å². The molecule has 0 atom stereocenters. The van der Waals surface area contributed by atoms with Gasteiger partial charge in [0.2, 0.25) is 5.91 Å². The first kappa shape index (κ1) is 22.6. The maximum Gasteiger partial charge on any atom is 0.288 e. The van der Waals surface area contributed by atoms with E-state index >= 15 is 0 Å². The standard InChI is InChI=1S/C24H23F2N3O4/c1-14-2-5-20-17(10-14)19(30)12-21(33-20)22(31)29-24(6-8-27-9-7-24)23(32)28-13-15-3-4-16(25)11-18(15)26/h2-5,10-12,27H,6-9,13H2,1H3,(H,28,32)(H,29,31). The summed E-state index contributed by atoms with van der Waals surface area (Å²) in [5, 5.41) is 8.86. The third-order valence-electron chi connectivity index (χ3n) is 5.81. The van der Waals surface area contributed by atoms with Crippen molar-refractivity contribution in [2.45, 2.75) is 31.8 Å². The third kappa shape index (κ3) is 4.78. The van der Waals surface area contributed by atoms with E-state index in [1.54, 1.807) is 18.2 Å². The number of fused-ring (bicyclic) bond motifs is 1. The van der Waals surface area contributed by atoms with Crippen LogP contribution in [0.2, 0.25) is 0 Å². The summed E-state index contributed by atoms with van der Waals surface area (Å²) in [7, 11) is 0. The Bertz CT molecular complexity index is 1280. The van der Waals surface area contributed by atoms with E-state index in [2.05, 4.69) is 16.0 Å². The lowest BCUT2D eigenvalue weighted by Gasteiger charge is -2.36. The van der Waals surface area contributed by atoms with Crippen LogP contribution in [0.25, 0.3) is 11.0 Å². The fraction of sp³-hybridized carbons (Fsp3) is 0.292. The average molecular weight is 455 g/mol. The van der Waals surface area contributed by atoms with Gasteiger partial charge in [0.25, 0.3) is 5.91 Å². The Morgan fingerprint density at radius 1 is 1.09 bits per heavy atom. The van der Waals surface area contributed by atoms with Crippen LogP contribution in [-0.2, 0) is 11.3 Å². The molecule has 1 aliphatic heterocycles. The lowest BCUT2D eigenvalue weighted by Crippen LogP contribution is -2.62. The number of piperidine rings is 1. The number of amides is 2.